The first kappa shape index (κ1) is 17.5. The van der Waals surface area contributed by atoms with Crippen molar-refractivity contribution in [3.8, 4) is 5.75 Å². The van der Waals surface area contributed by atoms with Crippen LogP contribution in [0.3, 0.4) is 0 Å². The highest BCUT2D eigenvalue weighted by molar-refractivity contribution is 7.09. The third-order valence-corrected chi connectivity index (χ3v) is 6.27. The van der Waals surface area contributed by atoms with Gasteiger partial charge in [-0.25, -0.2) is 4.98 Å². The molecule has 0 bridgehead atoms. The Morgan fingerprint density at radius 1 is 1.21 bits per heavy atom. The van der Waals surface area contributed by atoms with Crippen molar-refractivity contribution in [1.29, 1.82) is 0 Å². The first-order valence-electron chi connectivity index (χ1n) is 9.79. The fourth-order valence-electron chi connectivity index (χ4n) is 3.81. The van der Waals surface area contributed by atoms with Crippen LogP contribution in [0.1, 0.15) is 37.4 Å². The molecule has 8 heteroatoms. The van der Waals surface area contributed by atoms with Crippen LogP contribution in [-0.4, -0.2) is 39.0 Å². The first-order valence-corrected chi connectivity index (χ1v) is 10.6. The SMILES string of the molecule is NC(=O)Cn1ccc2c(OC3CCN(c4nc(C5CC5)ns4)CC3)cccc21. The Balaban J connectivity index is 1.25. The number of piperidine rings is 1. The first-order chi connectivity index (χ1) is 13.7. The van der Waals surface area contributed by atoms with E-state index >= 15 is 0 Å². The molecule has 2 fully saturated rings. The Kier molecular flexibility index (Phi) is 4.43. The Morgan fingerprint density at radius 2 is 2.04 bits per heavy atom. The fourth-order valence-corrected chi connectivity index (χ4v) is 4.61. The van der Waals surface area contributed by atoms with Crippen molar-refractivity contribution in [2.45, 2.75) is 44.2 Å². The maximum absolute atomic E-state index is 11.3. The number of fused-ring (bicyclic) bond motifs is 1. The second-order valence-electron chi connectivity index (χ2n) is 7.61. The standard InChI is InChI=1S/C20H23N5O2S/c21-18(26)12-25-11-8-15-16(25)2-1-3-17(15)27-14-6-9-24(10-7-14)20-22-19(23-28-20)13-4-5-13/h1-3,8,11,13-14H,4-7,9-10,12H2,(H2,21,26). The number of hydrogen-bond acceptors (Lipinski definition) is 6. The molecule has 0 spiro atoms. The summed E-state index contributed by atoms with van der Waals surface area (Å²) in [7, 11) is 0. The summed E-state index contributed by atoms with van der Waals surface area (Å²) in [5.41, 5.74) is 6.31. The molecule has 2 N–H and O–H groups in total. The number of nitrogens with two attached hydrogens (primary N) is 1. The summed E-state index contributed by atoms with van der Waals surface area (Å²) in [4.78, 5) is 18.3. The molecule has 28 heavy (non-hydrogen) atoms. The molecule has 1 amide bonds. The smallest absolute Gasteiger partial charge is 0.237 e. The summed E-state index contributed by atoms with van der Waals surface area (Å²) in [5.74, 6) is 2.16. The van der Waals surface area contributed by atoms with Gasteiger partial charge >= 0.3 is 0 Å². The summed E-state index contributed by atoms with van der Waals surface area (Å²) >= 11 is 1.52. The van der Waals surface area contributed by atoms with Gasteiger partial charge in [-0.1, -0.05) is 6.07 Å². The molecular weight excluding hydrogens is 374 g/mol. The van der Waals surface area contributed by atoms with Crippen LogP contribution in [-0.2, 0) is 11.3 Å². The molecule has 146 valence electrons. The predicted molar refractivity (Wildman–Crippen MR) is 109 cm³/mol. The largest absolute Gasteiger partial charge is 0.490 e. The zero-order valence-electron chi connectivity index (χ0n) is 15.6. The molecule has 0 unspecified atom stereocenters. The Bertz CT molecular complexity index is 1000. The molecule has 0 atom stereocenters. The van der Waals surface area contributed by atoms with Crippen LogP contribution >= 0.6 is 11.5 Å². The average Bonchev–Trinajstić information content (AvgIpc) is 3.28. The van der Waals surface area contributed by atoms with Crippen LogP contribution in [0, 0.1) is 0 Å². The van der Waals surface area contributed by atoms with Crippen LogP contribution in [0.5, 0.6) is 5.75 Å². The lowest BCUT2D eigenvalue weighted by Crippen LogP contribution is -2.38. The van der Waals surface area contributed by atoms with Gasteiger partial charge in [-0.15, -0.1) is 0 Å². The monoisotopic (exact) mass is 397 g/mol. The number of anilines is 1. The van der Waals surface area contributed by atoms with E-state index in [9.17, 15) is 4.79 Å². The zero-order valence-corrected chi connectivity index (χ0v) is 16.4. The number of aromatic nitrogens is 3. The van der Waals surface area contributed by atoms with Gasteiger partial charge in [-0.05, 0) is 31.0 Å². The molecule has 1 aromatic carbocycles. The van der Waals surface area contributed by atoms with E-state index in [-0.39, 0.29) is 18.6 Å². The van der Waals surface area contributed by atoms with Crippen LogP contribution in [0.4, 0.5) is 5.13 Å². The predicted octanol–water partition coefficient (Wildman–Crippen LogP) is 2.90. The Labute approximate surface area is 167 Å². The van der Waals surface area contributed by atoms with Gasteiger partial charge in [0.2, 0.25) is 11.0 Å². The summed E-state index contributed by atoms with van der Waals surface area (Å²) in [6.07, 6.45) is 6.44. The van der Waals surface area contributed by atoms with Crippen molar-refractivity contribution in [3.05, 3.63) is 36.3 Å². The minimum Gasteiger partial charge on any atom is -0.490 e. The summed E-state index contributed by atoms with van der Waals surface area (Å²) in [6, 6.07) is 7.94. The lowest BCUT2D eigenvalue weighted by molar-refractivity contribution is -0.118. The highest BCUT2D eigenvalue weighted by atomic mass is 32.1. The van der Waals surface area contributed by atoms with E-state index in [1.807, 2.05) is 35.0 Å². The number of nitrogens with zero attached hydrogens (tertiary/aromatic N) is 4. The van der Waals surface area contributed by atoms with Crippen LogP contribution < -0.4 is 15.4 Å². The molecule has 1 aliphatic heterocycles. The van der Waals surface area contributed by atoms with Crippen molar-refractivity contribution in [3.63, 3.8) is 0 Å². The van der Waals surface area contributed by atoms with E-state index in [4.69, 9.17) is 15.5 Å². The van der Waals surface area contributed by atoms with Crippen LogP contribution in [0.2, 0.25) is 0 Å². The highest BCUT2D eigenvalue weighted by Crippen LogP contribution is 2.40. The second kappa shape index (κ2) is 7.09. The third-order valence-electron chi connectivity index (χ3n) is 5.48. The number of benzene rings is 1. The van der Waals surface area contributed by atoms with Gasteiger partial charge in [0.05, 0.1) is 5.52 Å². The minimum absolute atomic E-state index is 0.177. The molecular formula is C20H23N5O2S. The topological polar surface area (TPSA) is 86.3 Å². The van der Waals surface area contributed by atoms with Crippen molar-refractivity contribution < 1.29 is 9.53 Å². The quantitative estimate of drug-likeness (QED) is 0.691. The molecule has 3 heterocycles. The molecule has 2 aliphatic rings. The highest BCUT2D eigenvalue weighted by Gasteiger charge is 2.30. The van der Waals surface area contributed by atoms with Gasteiger partial charge in [-0.3, -0.25) is 4.79 Å². The van der Waals surface area contributed by atoms with Crippen LogP contribution in [0.25, 0.3) is 10.9 Å². The van der Waals surface area contributed by atoms with E-state index < -0.39 is 0 Å². The number of primary amides is 1. The normalized spacial score (nSPS) is 17.9. The lowest BCUT2D eigenvalue weighted by atomic mass is 10.1. The fraction of sp³-hybridized carbons (Fsp3) is 0.450. The number of rotatable bonds is 6. The van der Waals surface area contributed by atoms with E-state index in [0.29, 0.717) is 5.92 Å². The van der Waals surface area contributed by atoms with Gasteiger partial charge in [0.25, 0.3) is 0 Å². The molecule has 7 nitrogen and oxygen atoms in total. The van der Waals surface area contributed by atoms with Crippen LogP contribution in [0.15, 0.2) is 30.5 Å². The molecule has 1 saturated carbocycles. The maximum Gasteiger partial charge on any atom is 0.237 e. The number of hydrogen-bond donors (Lipinski definition) is 1. The van der Waals surface area contributed by atoms with Crippen molar-refractivity contribution in [1.82, 2.24) is 13.9 Å². The minimum atomic E-state index is -0.349. The molecule has 0 radical (unpaired) electrons. The number of carbonyl (C=O) groups excluding carboxylic acids is 1. The molecule has 5 rings (SSSR count). The number of carbonyl (C=O) groups is 1. The summed E-state index contributed by atoms with van der Waals surface area (Å²) < 4.78 is 12.7. The number of amides is 1. The maximum atomic E-state index is 11.3. The zero-order chi connectivity index (χ0) is 19.1. The third kappa shape index (κ3) is 3.44. The average molecular weight is 398 g/mol. The van der Waals surface area contributed by atoms with E-state index in [2.05, 4.69) is 9.27 Å². The Morgan fingerprint density at radius 3 is 2.79 bits per heavy atom. The molecule has 2 aromatic heterocycles. The van der Waals surface area contributed by atoms with E-state index in [0.717, 1.165) is 53.5 Å². The number of ether oxygens (including phenoxy) is 1. The second-order valence-corrected chi connectivity index (χ2v) is 8.34. The van der Waals surface area contributed by atoms with Crippen molar-refractivity contribution in [2.24, 2.45) is 5.73 Å². The lowest BCUT2D eigenvalue weighted by Gasteiger charge is -2.31. The van der Waals surface area contributed by atoms with Gasteiger partial charge in [-0.2, -0.15) is 4.37 Å². The van der Waals surface area contributed by atoms with Crippen molar-refractivity contribution in [2.75, 3.05) is 18.0 Å². The molecule has 1 saturated heterocycles. The van der Waals surface area contributed by atoms with Gasteiger partial charge < -0.3 is 19.9 Å². The van der Waals surface area contributed by atoms with Crippen molar-refractivity contribution >= 4 is 33.5 Å². The molecule has 1 aliphatic carbocycles. The molecule has 3 aromatic rings. The van der Waals surface area contributed by atoms with E-state index in [1.165, 1.54) is 24.4 Å². The Hall–Kier alpha value is -2.61. The van der Waals surface area contributed by atoms with Gasteiger partial charge in [0.1, 0.15) is 24.2 Å². The summed E-state index contributed by atoms with van der Waals surface area (Å²) in [5, 5.41) is 2.07. The summed E-state index contributed by atoms with van der Waals surface area (Å²) in [6.45, 7) is 2.04. The van der Waals surface area contributed by atoms with Gasteiger partial charge in [0, 0.05) is 55.0 Å². The van der Waals surface area contributed by atoms with E-state index in [1.54, 1.807) is 0 Å². The van der Waals surface area contributed by atoms with Gasteiger partial charge in [0.15, 0.2) is 0 Å².